The Balaban J connectivity index is 2.28. The Kier molecular flexibility index (Phi) is 4.95. The fourth-order valence-corrected chi connectivity index (χ4v) is 5.03. The van der Waals surface area contributed by atoms with Crippen LogP contribution in [0.15, 0.2) is 16.6 Å². The number of Topliss-reactive ketones (excluding diaryl/α,β-unsaturated/α-hetero) is 1. The summed E-state index contributed by atoms with van der Waals surface area (Å²) < 4.78 is 27.7. The van der Waals surface area contributed by atoms with Gasteiger partial charge in [-0.2, -0.15) is 11.8 Å². The average Bonchev–Trinajstić information content (AvgIpc) is 2.37. The van der Waals surface area contributed by atoms with Gasteiger partial charge in [-0.15, -0.1) is 11.8 Å². The Hall–Kier alpha value is -0.0700. The van der Waals surface area contributed by atoms with Crippen molar-refractivity contribution in [2.24, 2.45) is 0 Å². The monoisotopic (exact) mass is 366 g/mol. The molecule has 2 rings (SSSR count). The molecule has 0 bridgehead atoms. The molecule has 0 spiro atoms. The molecule has 1 saturated heterocycles. The SMILES string of the molecule is CC1SCC(C(=O)c2c(F)ccc(Br)c2F)SC1C. The molecule has 1 aliphatic heterocycles. The maximum atomic E-state index is 13.9. The number of carbonyl (C=O) groups excluding carboxylic acids is 1. The molecule has 1 nitrogen and oxygen atoms in total. The molecule has 1 aromatic rings. The molecule has 0 aromatic heterocycles. The fraction of sp³-hybridized carbons (Fsp3) is 0.462. The van der Waals surface area contributed by atoms with Gasteiger partial charge in [0.25, 0.3) is 0 Å². The van der Waals surface area contributed by atoms with Crippen LogP contribution in [0.4, 0.5) is 8.78 Å². The summed E-state index contributed by atoms with van der Waals surface area (Å²) in [6.07, 6.45) is 0. The van der Waals surface area contributed by atoms with E-state index in [-0.39, 0.29) is 9.72 Å². The minimum atomic E-state index is -0.804. The molecule has 19 heavy (non-hydrogen) atoms. The molecule has 6 heteroatoms. The molecule has 0 radical (unpaired) electrons. The van der Waals surface area contributed by atoms with Crippen LogP contribution in [0.25, 0.3) is 0 Å². The normalized spacial score (nSPS) is 27.3. The number of carbonyl (C=O) groups is 1. The van der Waals surface area contributed by atoms with Gasteiger partial charge in [-0.25, -0.2) is 8.78 Å². The Labute approximate surface area is 128 Å². The van der Waals surface area contributed by atoms with Crippen molar-refractivity contribution in [1.29, 1.82) is 0 Å². The van der Waals surface area contributed by atoms with Crippen molar-refractivity contribution < 1.29 is 13.6 Å². The lowest BCUT2D eigenvalue weighted by Crippen LogP contribution is -2.32. The van der Waals surface area contributed by atoms with Gasteiger partial charge in [0, 0.05) is 16.3 Å². The van der Waals surface area contributed by atoms with E-state index in [4.69, 9.17) is 0 Å². The van der Waals surface area contributed by atoms with E-state index in [0.717, 1.165) is 6.07 Å². The first-order valence-electron chi connectivity index (χ1n) is 5.86. The third-order valence-electron chi connectivity index (χ3n) is 3.13. The highest BCUT2D eigenvalue weighted by molar-refractivity contribution is 9.10. The second-order valence-corrected chi connectivity index (χ2v) is 8.30. The minimum absolute atomic E-state index is 0.118. The Morgan fingerprint density at radius 3 is 2.63 bits per heavy atom. The molecular weight excluding hydrogens is 354 g/mol. The maximum absolute atomic E-state index is 13.9. The minimum Gasteiger partial charge on any atom is -0.293 e. The summed E-state index contributed by atoms with van der Waals surface area (Å²) in [4.78, 5) is 12.3. The predicted molar refractivity (Wildman–Crippen MR) is 81.1 cm³/mol. The number of thioether (sulfide) groups is 2. The molecule has 1 aliphatic rings. The van der Waals surface area contributed by atoms with Gasteiger partial charge in [-0.05, 0) is 28.1 Å². The van der Waals surface area contributed by atoms with Crippen LogP contribution in [0.1, 0.15) is 24.2 Å². The van der Waals surface area contributed by atoms with Gasteiger partial charge in [0.1, 0.15) is 5.82 Å². The second kappa shape index (κ2) is 6.14. The van der Waals surface area contributed by atoms with E-state index in [2.05, 4.69) is 22.9 Å². The Morgan fingerprint density at radius 1 is 1.32 bits per heavy atom. The lowest BCUT2D eigenvalue weighted by Gasteiger charge is -2.30. The van der Waals surface area contributed by atoms with E-state index in [1.807, 2.05) is 6.92 Å². The van der Waals surface area contributed by atoms with Crippen LogP contribution in [0.3, 0.4) is 0 Å². The molecule has 0 N–H and O–H groups in total. The fourth-order valence-electron chi connectivity index (χ4n) is 1.84. The molecule has 3 atom stereocenters. The zero-order valence-electron chi connectivity index (χ0n) is 10.5. The number of hydrogen-bond donors (Lipinski definition) is 0. The van der Waals surface area contributed by atoms with Crippen molar-refractivity contribution in [3.8, 4) is 0 Å². The van der Waals surface area contributed by atoms with E-state index in [1.165, 1.54) is 17.8 Å². The topological polar surface area (TPSA) is 17.1 Å². The Morgan fingerprint density at radius 2 is 2.00 bits per heavy atom. The van der Waals surface area contributed by atoms with E-state index >= 15 is 0 Å². The maximum Gasteiger partial charge on any atom is 0.182 e. The summed E-state index contributed by atoms with van der Waals surface area (Å²) in [5.74, 6) is -1.45. The second-order valence-electron chi connectivity index (χ2n) is 4.45. The first kappa shape index (κ1) is 15.3. The van der Waals surface area contributed by atoms with Crippen LogP contribution in [0, 0.1) is 11.6 Å². The Bertz CT molecular complexity index is 510. The molecule has 3 unspecified atom stereocenters. The predicted octanol–water partition coefficient (Wildman–Crippen LogP) is 4.54. The van der Waals surface area contributed by atoms with E-state index in [0.29, 0.717) is 16.3 Å². The highest BCUT2D eigenvalue weighted by Crippen LogP contribution is 2.38. The summed E-state index contributed by atoms with van der Waals surface area (Å²) >= 11 is 6.16. The molecule has 104 valence electrons. The number of hydrogen-bond acceptors (Lipinski definition) is 3. The van der Waals surface area contributed by atoms with Crippen molar-refractivity contribution in [1.82, 2.24) is 0 Å². The standard InChI is InChI=1S/C13H13BrF2OS2/c1-6-7(2)19-10(5-18-6)13(17)11-9(15)4-3-8(14)12(11)16/h3-4,6-7,10H,5H2,1-2H3. The third kappa shape index (κ3) is 3.16. The van der Waals surface area contributed by atoms with Gasteiger partial charge in [-0.3, -0.25) is 4.79 Å². The van der Waals surface area contributed by atoms with Gasteiger partial charge >= 0.3 is 0 Å². The zero-order chi connectivity index (χ0) is 14.2. The summed E-state index contributed by atoms with van der Waals surface area (Å²) in [6.45, 7) is 4.14. The molecule has 0 aliphatic carbocycles. The van der Waals surface area contributed by atoms with Gasteiger partial charge in [0.05, 0.1) is 15.3 Å². The van der Waals surface area contributed by atoms with Crippen LogP contribution in [-0.2, 0) is 0 Å². The summed E-state index contributed by atoms with van der Waals surface area (Å²) in [5, 5.41) is 0.367. The molecule has 0 amide bonds. The molecule has 1 fully saturated rings. The molecule has 1 aromatic carbocycles. The van der Waals surface area contributed by atoms with Crippen molar-refractivity contribution in [2.45, 2.75) is 29.6 Å². The third-order valence-corrected chi connectivity index (χ3v) is 7.14. The van der Waals surface area contributed by atoms with Crippen molar-refractivity contribution >= 4 is 45.2 Å². The summed E-state index contributed by atoms with van der Waals surface area (Å²) in [6, 6.07) is 2.39. The number of halogens is 3. The van der Waals surface area contributed by atoms with Crippen LogP contribution in [-0.4, -0.2) is 27.3 Å². The van der Waals surface area contributed by atoms with Crippen molar-refractivity contribution in [3.63, 3.8) is 0 Å². The van der Waals surface area contributed by atoms with E-state index < -0.39 is 23.0 Å². The number of rotatable bonds is 2. The molecule has 0 saturated carbocycles. The van der Waals surface area contributed by atoms with Gasteiger partial charge in [0.15, 0.2) is 11.6 Å². The van der Waals surface area contributed by atoms with Crippen molar-refractivity contribution in [3.05, 3.63) is 33.8 Å². The highest BCUT2D eigenvalue weighted by atomic mass is 79.9. The smallest absolute Gasteiger partial charge is 0.182 e. The van der Waals surface area contributed by atoms with Crippen LogP contribution in [0.5, 0.6) is 0 Å². The van der Waals surface area contributed by atoms with Gasteiger partial charge in [-0.1, -0.05) is 13.8 Å². The highest BCUT2D eigenvalue weighted by Gasteiger charge is 2.33. The lowest BCUT2D eigenvalue weighted by atomic mass is 10.1. The quantitative estimate of drug-likeness (QED) is 0.565. The average molecular weight is 367 g/mol. The van der Waals surface area contributed by atoms with Crippen molar-refractivity contribution in [2.75, 3.05) is 5.75 Å². The van der Waals surface area contributed by atoms with Crippen LogP contribution >= 0.6 is 39.5 Å². The van der Waals surface area contributed by atoms with Crippen LogP contribution < -0.4 is 0 Å². The largest absolute Gasteiger partial charge is 0.293 e. The molecule has 1 heterocycles. The van der Waals surface area contributed by atoms with E-state index in [1.54, 1.807) is 11.8 Å². The number of ketones is 1. The van der Waals surface area contributed by atoms with E-state index in [9.17, 15) is 13.6 Å². The molecular formula is C13H13BrF2OS2. The van der Waals surface area contributed by atoms with Gasteiger partial charge in [0.2, 0.25) is 0 Å². The summed E-state index contributed by atoms with van der Waals surface area (Å²) in [7, 11) is 0. The summed E-state index contributed by atoms with van der Waals surface area (Å²) in [5.41, 5.74) is -0.422. The first-order chi connectivity index (χ1) is 8.91. The first-order valence-corrected chi connectivity index (χ1v) is 8.65. The zero-order valence-corrected chi connectivity index (χ0v) is 13.7. The number of benzene rings is 1. The van der Waals surface area contributed by atoms with Gasteiger partial charge < -0.3 is 0 Å². The lowest BCUT2D eigenvalue weighted by molar-refractivity contribution is 0.0986. The van der Waals surface area contributed by atoms with Crippen LogP contribution in [0.2, 0.25) is 0 Å².